The molecule has 4 aromatic rings. The van der Waals surface area contributed by atoms with Gasteiger partial charge in [-0.25, -0.2) is 18.2 Å². The number of halogens is 3. The van der Waals surface area contributed by atoms with Crippen LogP contribution in [0.3, 0.4) is 0 Å². The van der Waals surface area contributed by atoms with Crippen molar-refractivity contribution in [3.05, 3.63) is 53.4 Å². The third kappa shape index (κ3) is 6.18. The summed E-state index contributed by atoms with van der Waals surface area (Å²) < 4.78 is 44.9. The molecule has 12 heteroatoms. The largest absolute Gasteiger partial charge is 0.444 e. The topological polar surface area (TPSA) is 83.7 Å². The Kier molecular flexibility index (Phi) is 8.48. The molecule has 0 bridgehead atoms. The molecular formula is C36H40ClF2N6O3+. The molecule has 3 aliphatic rings. The Hall–Kier alpha value is -3.96. The fourth-order valence-corrected chi connectivity index (χ4v) is 7.75. The number of benzene rings is 2. The zero-order valence-corrected chi connectivity index (χ0v) is 28.4. The van der Waals surface area contributed by atoms with Crippen molar-refractivity contribution in [1.29, 1.82) is 0 Å². The number of likely N-dealkylation sites (tertiary alicyclic amines) is 1. The van der Waals surface area contributed by atoms with Crippen LogP contribution in [0.2, 0.25) is 5.02 Å². The van der Waals surface area contributed by atoms with E-state index in [1.54, 1.807) is 23.2 Å². The average molecular weight is 678 g/mol. The highest BCUT2D eigenvalue weighted by molar-refractivity contribution is 6.36. The minimum atomic E-state index is -0.909. The number of amides is 1. The molecule has 3 aliphatic heterocycles. The van der Waals surface area contributed by atoms with Gasteiger partial charge in [-0.3, -0.25) is 9.88 Å². The maximum atomic E-state index is 16.7. The van der Waals surface area contributed by atoms with Crippen LogP contribution in [0.25, 0.3) is 32.9 Å². The van der Waals surface area contributed by atoms with Crippen LogP contribution in [-0.2, 0) is 4.74 Å². The number of ether oxygens (including phenoxy) is 2. The van der Waals surface area contributed by atoms with Gasteiger partial charge in [-0.05, 0) is 58.0 Å². The Morgan fingerprint density at radius 3 is 2.75 bits per heavy atom. The van der Waals surface area contributed by atoms with Crippen molar-refractivity contribution >= 4 is 51.4 Å². The van der Waals surface area contributed by atoms with Crippen LogP contribution in [0.4, 0.5) is 19.4 Å². The lowest BCUT2D eigenvalue weighted by molar-refractivity contribution is -0.405. The molecule has 2 aromatic carbocycles. The van der Waals surface area contributed by atoms with E-state index in [0.29, 0.717) is 53.2 Å². The number of aromatic nitrogens is 3. The number of alkyl halides is 1. The van der Waals surface area contributed by atoms with Crippen molar-refractivity contribution in [2.45, 2.75) is 63.8 Å². The van der Waals surface area contributed by atoms with Crippen molar-refractivity contribution < 1.29 is 27.6 Å². The monoisotopic (exact) mass is 677 g/mol. The molecule has 0 N–H and O–H groups in total. The van der Waals surface area contributed by atoms with Crippen LogP contribution < -0.4 is 4.74 Å². The van der Waals surface area contributed by atoms with Crippen LogP contribution in [-0.4, -0.2) is 98.8 Å². The molecule has 3 atom stereocenters. The summed E-state index contributed by atoms with van der Waals surface area (Å²) in [5.74, 6) is -0.197. The van der Waals surface area contributed by atoms with Crippen LogP contribution >= 0.6 is 11.6 Å². The number of pyridine rings is 1. The summed E-state index contributed by atoms with van der Waals surface area (Å²) in [5, 5.41) is 2.46. The predicted octanol–water partition coefficient (Wildman–Crippen LogP) is 7.19. The number of carbonyl (C=O) groups is 1. The van der Waals surface area contributed by atoms with Crippen molar-refractivity contribution in [2.24, 2.45) is 5.92 Å². The van der Waals surface area contributed by atoms with E-state index in [-0.39, 0.29) is 35.8 Å². The zero-order chi connectivity index (χ0) is 33.8. The van der Waals surface area contributed by atoms with Gasteiger partial charge in [0.25, 0.3) is 0 Å². The summed E-state index contributed by atoms with van der Waals surface area (Å²) in [7, 11) is 1.83. The second kappa shape index (κ2) is 12.5. The van der Waals surface area contributed by atoms with E-state index in [9.17, 15) is 9.18 Å². The van der Waals surface area contributed by atoms with Gasteiger partial charge in [0.15, 0.2) is 5.82 Å². The molecule has 1 unspecified atom stereocenters. The molecule has 0 aliphatic carbocycles. The van der Waals surface area contributed by atoms with Crippen LogP contribution in [0, 0.1) is 11.7 Å². The van der Waals surface area contributed by atoms with Gasteiger partial charge in [0.05, 0.1) is 18.8 Å². The Labute approximate surface area is 283 Å². The first-order valence-corrected chi connectivity index (χ1v) is 16.9. The molecule has 48 heavy (non-hydrogen) atoms. The first-order valence-electron chi connectivity index (χ1n) is 16.5. The van der Waals surface area contributed by atoms with Gasteiger partial charge in [0, 0.05) is 59.1 Å². The number of fused-ring (bicyclic) bond motifs is 3. The van der Waals surface area contributed by atoms with E-state index in [0.717, 1.165) is 31.2 Å². The highest BCUT2D eigenvalue weighted by atomic mass is 35.5. The Bertz CT molecular complexity index is 1930. The van der Waals surface area contributed by atoms with E-state index in [1.165, 1.54) is 0 Å². The minimum Gasteiger partial charge on any atom is -0.444 e. The van der Waals surface area contributed by atoms with E-state index in [2.05, 4.69) is 14.9 Å². The highest BCUT2D eigenvalue weighted by Crippen LogP contribution is 2.41. The van der Waals surface area contributed by atoms with Gasteiger partial charge in [-0.15, -0.1) is 0 Å². The SMILES string of the molecule is C[N+](=CC1CCN(C(=O)OC(C)(C)C)C1)c1nc(OC[C@@]23CCCN2C[C@H](F)C3)nc2c(F)c(-c3cccc4cccc(Cl)c34)ncc12. The first kappa shape index (κ1) is 32.6. The maximum Gasteiger partial charge on any atom is 0.434 e. The van der Waals surface area contributed by atoms with Crippen molar-refractivity contribution in [1.82, 2.24) is 24.8 Å². The fraction of sp³-hybridized carbons (Fsp3) is 0.472. The molecule has 252 valence electrons. The summed E-state index contributed by atoms with van der Waals surface area (Å²) in [4.78, 5) is 30.5. The predicted molar refractivity (Wildman–Crippen MR) is 182 cm³/mol. The molecule has 1 amide bonds. The van der Waals surface area contributed by atoms with Gasteiger partial charge in [0.2, 0.25) is 0 Å². The Morgan fingerprint density at radius 2 is 1.96 bits per heavy atom. The Balaban J connectivity index is 1.28. The summed E-state index contributed by atoms with van der Waals surface area (Å²) in [6.45, 7) is 8.00. The molecule has 5 heterocycles. The fourth-order valence-electron chi connectivity index (χ4n) is 7.47. The smallest absolute Gasteiger partial charge is 0.434 e. The molecule has 2 aromatic heterocycles. The van der Waals surface area contributed by atoms with Crippen molar-refractivity contribution in [3.8, 4) is 17.3 Å². The standard InChI is InChI=1S/C36H40ClF2N6O3/c1-35(2,3)48-34(46)44-15-12-22(19-44)18-43(4)32-26-17-40-30(25-10-5-8-23-9-6-11-27(37)28(23)25)29(39)31(26)41-33(42-32)47-21-36-13-7-14-45(36)20-24(38)16-36/h5-6,8-11,17-18,22,24H,7,12-16,19-21H2,1-4H3/q+1/t22?,24-,36+/m1/s1. The number of hydrogen-bond donors (Lipinski definition) is 0. The lowest BCUT2D eigenvalue weighted by Gasteiger charge is -2.30. The van der Waals surface area contributed by atoms with E-state index in [1.807, 2.05) is 62.9 Å². The van der Waals surface area contributed by atoms with E-state index >= 15 is 4.39 Å². The van der Waals surface area contributed by atoms with Crippen molar-refractivity contribution in [3.63, 3.8) is 0 Å². The Morgan fingerprint density at radius 1 is 1.17 bits per heavy atom. The third-order valence-corrected chi connectivity index (χ3v) is 9.94. The lowest BCUT2D eigenvalue weighted by Crippen LogP contribution is -2.43. The van der Waals surface area contributed by atoms with Gasteiger partial charge in [-0.2, -0.15) is 4.98 Å². The van der Waals surface area contributed by atoms with E-state index in [4.69, 9.17) is 26.1 Å². The van der Waals surface area contributed by atoms with Crippen LogP contribution in [0.5, 0.6) is 6.01 Å². The molecule has 0 saturated carbocycles. The highest BCUT2D eigenvalue weighted by Gasteiger charge is 2.49. The molecule has 7 rings (SSSR count). The quantitative estimate of drug-likeness (QED) is 0.158. The summed E-state index contributed by atoms with van der Waals surface area (Å²) >= 11 is 6.60. The van der Waals surface area contributed by atoms with Gasteiger partial charge < -0.3 is 14.4 Å². The molecule has 3 saturated heterocycles. The molecule has 9 nitrogen and oxygen atoms in total. The third-order valence-electron chi connectivity index (χ3n) is 9.63. The molecule has 0 radical (unpaired) electrons. The van der Waals surface area contributed by atoms with E-state index < -0.39 is 23.1 Å². The number of rotatable bonds is 6. The van der Waals surface area contributed by atoms with Crippen LogP contribution in [0.1, 0.15) is 46.5 Å². The zero-order valence-electron chi connectivity index (χ0n) is 27.7. The van der Waals surface area contributed by atoms with Gasteiger partial charge in [0.1, 0.15) is 35.0 Å². The molecular weight excluding hydrogens is 638 g/mol. The second-order valence-corrected chi connectivity index (χ2v) is 14.7. The number of nitrogens with zero attached hydrogens (tertiary/aromatic N) is 6. The van der Waals surface area contributed by atoms with Gasteiger partial charge in [-0.1, -0.05) is 41.9 Å². The second-order valence-electron chi connectivity index (χ2n) is 14.3. The summed E-state index contributed by atoms with van der Waals surface area (Å²) in [5.41, 5.74) is -0.288. The number of carbonyl (C=O) groups excluding carboxylic acids is 1. The first-order chi connectivity index (χ1) is 22.9. The minimum absolute atomic E-state index is 0.00934. The van der Waals surface area contributed by atoms with Crippen LogP contribution in [0.15, 0.2) is 42.6 Å². The summed E-state index contributed by atoms with van der Waals surface area (Å²) in [6.07, 6.45) is 5.22. The van der Waals surface area contributed by atoms with Crippen molar-refractivity contribution in [2.75, 3.05) is 39.8 Å². The maximum absolute atomic E-state index is 16.7. The normalized spacial score (nSPS) is 23.3. The average Bonchev–Trinajstić information content (AvgIpc) is 3.74. The van der Waals surface area contributed by atoms with Gasteiger partial charge >= 0.3 is 17.9 Å². The number of hydrogen-bond acceptors (Lipinski definition) is 7. The molecule has 3 fully saturated rings. The summed E-state index contributed by atoms with van der Waals surface area (Å²) in [6, 6.07) is 11.1. The lowest BCUT2D eigenvalue weighted by atomic mass is 9.95. The molecule has 0 spiro atoms.